The van der Waals surface area contributed by atoms with Gasteiger partial charge >= 0.3 is 0 Å². The molecule has 1 aliphatic heterocycles. The van der Waals surface area contributed by atoms with E-state index in [9.17, 15) is 4.79 Å². The maximum Gasteiger partial charge on any atom is 0.256 e. The highest BCUT2D eigenvalue weighted by atomic mass is 16.5. The average molecular weight is 248 g/mol. The molecule has 0 aliphatic carbocycles. The number of nitrogens with zero attached hydrogens (tertiary/aromatic N) is 1. The van der Waals surface area contributed by atoms with E-state index in [-0.39, 0.29) is 11.9 Å². The first-order chi connectivity index (χ1) is 8.72. The Morgan fingerprint density at radius 3 is 2.78 bits per heavy atom. The van der Waals surface area contributed by atoms with Crippen LogP contribution in [0.25, 0.3) is 0 Å². The molecule has 1 saturated heterocycles. The number of hydrogen-bond acceptors (Lipinski definition) is 3. The predicted molar refractivity (Wildman–Crippen MR) is 70.0 cm³/mol. The third-order valence-electron chi connectivity index (χ3n) is 3.33. The molecule has 1 heterocycles. The van der Waals surface area contributed by atoms with E-state index in [1.807, 2.05) is 35.2 Å². The number of ether oxygens (including phenoxy) is 1. The first kappa shape index (κ1) is 13.1. The molecule has 2 rings (SSSR count). The van der Waals surface area contributed by atoms with Crippen molar-refractivity contribution >= 4 is 5.91 Å². The molecule has 1 amide bonds. The number of piperidine rings is 1. The number of amides is 1. The summed E-state index contributed by atoms with van der Waals surface area (Å²) in [6.45, 7) is 1.41. The predicted octanol–water partition coefficient (Wildman–Crippen LogP) is 1.32. The molecule has 4 nitrogen and oxygen atoms in total. The molecule has 1 fully saturated rings. The van der Waals surface area contributed by atoms with Gasteiger partial charge in [0.05, 0.1) is 0 Å². The van der Waals surface area contributed by atoms with E-state index in [0.29, 0.717) is 6.54 Å². The Balaban J connectivity index is 2.10. The van der Waals surface area contributed by atoms with Crippen LogP contribution in [0.1, 0.15) is 24.5 Å². The van der Waals surface area contributed by atoms with Crippen molar-refractivity contribution in [2.24, 2.45) is 5.73 Å². The summed E-state index contributed by atoms with van der Waals surface area (Å²) < 4.78 is 5.35. The van der Waals surface area contributed by atoms with Crippen LogP contribution in [0.15, 0.2) is 30.3 Å². The Hall–Kier alpha value is -1.39. The van der Waals surface area contributed by atoms with Crippen LogP contribution in [-0.4, -0.2) is 37.0 Å². The third-order valence-corrected chi connectivity index (χ3v) is 3.33. The highest BCUT2D eigenvalue weighted by molar-refractivity contribution is 5.82. The van der Waals surface area contributed by atoms with E-state index < -0.39 is 6.10 Å². The molecule has 4 heteroatoms. The molecule has 1 aromatic carbocycles. The number of carbonyl (C=O) groups is 1. The number of benzene rings is 1. The van der Waals surface area contributed by atoms with Crippen molar-refractivity contribution in [3.05, 3.63) is 35.9 Å². The zero-order chi connectivity index (χ0) is 13.0. The molecule has 18 heavy (non-hydrogen) atoms. The zero-order valence-electron chi connectivity index (χ0n) is 10.7. The van der Waals surface area contributed by atoms with E-state index in [1.54, 1.807) is 7.11 Å². The lowest BCUT2D eigenvalue weighted by molar-refractivity contribution is -0.143. The van der Waals surface area contributed by atoms with E-state index in [1.165, 1.54) is 0 Å². The quantitative estimate of drug-likeness (QED) is 0.878. The highest BCUT2D eigenvalue weighted by Crippen LogP contribution is 2.21. The fourth-order valence-electron chi connectivity index (χ4n) is 2.38. The molecule has 0 bridgehead atoms. The van der Waals surface area contributed by atoms with Gasteiger partial charge < -0.3 is 15.4 Å². The maximum atomic E-state index is 12.4. The van der Waals surface area contributed by atoms with Crippen molar-refractivity contribution < 1.29 is 9.53 Å². The first-order valence-electron chi connectivity index (χ1n) is 6.34. The summed E-state index contributed by atoms with van der Waals surface area (Å²) in [5.74, 6) is 0.0128. The summed E-state index contributed by atoms with van der Waals surface area (Å²) >= 11 is 0. The fourth-order valence-corrected chi connectivity index (χ4v) is 2.38. The Morgan fingerprint density at radius 1 is 1.44 bits per heavy atom. The van der Waals surface area contributed by atoms with Crippen LogP contribution in [0.4, 0.5) is 0 Å². The normalized spacial score (nSPS) is 21.7. The highest BCUT2D eigenvalue weighted by Gasteiger charge is 2.28. The minimum Gasteiger partial charge on any atom is -0.367 e. The second-order valence-corrected chi connectivity index (χ2v) is 4.71. The lowest BCUT2D eigenvalue weighted by Crippen LogP contribution is -2.47. The van der Waals surface area contributed by atoms with Gasteiger partial charge in [0.1, 0.15) is 0 Å². The standard InChI is InChI=1S/C14H20N2O2/c1-18-13(11-6-3-2-4-7-11)14(17)16-9-5-8-12(15)10-16/h2-4,6-7,12-13H,5,8-10,15H2,1H3. The smallest absolute Gasteiger partial charge is 0.256 e. The Morgan fingerprint density at radius 2 is 2.17 bits per heavy atom. The number of likely N-dealkylation sites (tertiary alicyclic amines) is 1. The number of methoxy groups -OCH3 is 1. The zero-order valence-corrected chi connectivity index (χ0v) is 10.7. The second-order valence-electron chi connectivity index (χ2n) is 4.71. The van der Waals surface area contributed by atoms with E-state index in [0.717, 1.165) is 24.9 Å². The second kappa shape index (κ2) is 5.98. The van der Waals surface area contributed by atoms with Crippen molar-refractivity contribution in [1.29, 1.82) is 0 Å². The molecular weight excluding hydrogens is 228 g/mol. The molecule has 0 radical (unpaired) electrons. The van der Waals surface area contributed by atoms with Gasteiger partial charge in [0.25, 0.3) is 5.91 Å². The average Bonchev–Trinajstić information content (AvgIpc) is 2.41. The lowest BCUT2D eigenvalue weighted by atomic mass is 10.0. The molecule has 1 aliphatic rings. The number of nitrogens with two attached hydrogens (primary N) is 1. The SMILES string of the molecule is COC(C(=O)N1CCCC(N)C1)c1ccccc1. The monoisotopic (exact) mass is 248 g/mol. The van der Waals surface area contributed by atoms with E-state index in [2.05, 4.69) is 0 Å². The first-order valence-corrected chi connectivity index (χ1v) is 6.34. The van der Waals surface area contributed by atoms with Gasteiger partial charge in [0.15, 0.2) is 6.10 Å². The molecule has 98 valence electrons. The van der Waals surface area contributed by atoms with Crippen LogP contribution in [0.5, 0.6) is 0 Å². The summed E-state index contributed by atoms with van der Waals surface area (Å²) in [6.07, 6.45) is 1.45. The molecule has 2 N–H and O–H groups in total. The lowest BCUT2D eigenvalue weighted by Gasteiger charge is -2.33. The maximum absolute atomic E-state index is 12.4. The Labute approximate surface area is 108 Å². The van der Waals surface area contributed by atoms with Crippen molar-refractivity contribution in [3.8, 4) is 0 Å². The summed E-state index contributed by atoms with van der Waals surface area (Å²) in [5.41, 5.74) is 6.80. The van der Waals surface area contributed by atoms with Crippen LogP contribution in [0.3, 0.4) is 0 Å². The minimum atomic E-state index is -0.517. The van der Waals surface area contributed by atoms with Gasteiger partial charge in [-0.3, -0.25) is 4.79 Å². The Bertz CT molecular complexity index is 394. The molecule has 0 spiro atoms. The summed E-state index contributed by atoms with van der Waals surface area (Å²) in [6, 6.07) is 9.67. The summed E-state index contributed by atoms with van der Waals surface area (Å²) in [4.78, 5) is 14.2. The van der Waals surface area contributed by atoms with Gasteiger partial charge in [0, 0.05) is 26.2 Å². The van der Waals surface area contributed by atoms with Crippen molar-refractivity contribution in [2.75, 3.05) is 20.2 Å². The number of carbonyl (C=O) groups excluding carboxylic acids is 1. The molecule has 0 aromatic heterocycles. The Kier molecular flexibility index (Phi) is 4.33. The van der Waals surface area contributed by atoms with E-state index >= 15 is 0 Å². The largest absolute Gasteiger partial charge is 0.367 e. The molecular formula is C14H20N2O2. The van der Waals surface area contributed by atoms with Crippen LogP contribution in [0, 0.1) is 0 Å². The van der Waals surface area contributed by atoms with Crippen LogP contribution in [-0.2, 0) is 9.53 Å². The number of hydrogen-bond donors (Lipinski definition) is 1. The van der Waals surface area contributed by atoms with Crippen molar-refractivity contribution in [1.82, 2.24) is 4.90 Å². The van der Waals surface area contributed by atoms with Crippen molar-refractivity contribution in [2.45, 2.75) is 25.0 Å². The summed E-state index contributed by atoms with van der Waals surface area (Å²) in [7, 11) is 1.57. The van der Waals surface area contributed by atoms with Gasteiger partial charge in [-0.1, -0.05) is 30.3 Å². The topological polar surface area (TPSA) is 55.6 Å². The van der Waals surface area contributed by atoms with Crippen LogP contribution >= 0.6 is 0 Å². The van der Waals surface area contributed by atoms with Crippen molar-refractivity contribution in [3.63, 3.8) is 0 Å². The van der Waals surface area contributed by atoms with Crippen LogP contribution < -0.4 is 5.73 Å². The van der Waals surface area contributed by atoms with Gasteiger partial charge in [-0.15, -0.1) is 0 Å². The third kappa shape index (κ3) is 2.89. The van der Waals surface area contributed by atoms with Gasteiger partial charge in [-0.2, -0.15) is 0 Å². The van der Waals surface area contributed by atoms with Gasteiger partial charge in [-0.25, -0.2) is 0 Å². The van der Waals surface area contributed by atoms with Gasteiger partial charge in [-0.05, 0) is 18.4 Å². The summed E-state index contributed by atoms with van der Waals surface area (Å²) in [5, 5.41) is 0. The molecule has 2 atom stereocenters. The minimum absolute atomic E-state index is 0.0128. The van der Waals surface area contributed by atoms with E-state index in [4.69, 9.17) is 10.5 Å². The van der Waals surface area contributed by atoms with Gasteiger partial charge in [0.2, 0.25) is 0 Å². The number of rotatable bonds is 3. The molecule has 2 unspecified atom stereocenters. The fraction of sp³-hybridized carbons (Fsp3) is 0.500. The molecule has 1 aromatic rings. The molecule has 0 saturated carbocycles. The van der Waals surface area contributed by atoms with Crippen LogP contribution in [0.2, 0.25) is 0 Å².